The molecule has 1 unspecified atom stereocenters. The van der Waals surface area contributed by atoms with Gasteiger partial charge in [-0.2, -0.15) is 0 Å². The highest BCUT2D eigenvalue weighted by atomic mass is 35.5. The van der Waals surface area contributed by atoms with Crippen molar-refractivity contribution in [2.24, 2.45) is 5.73 Å². The van der Waals surface area contributed by atoms with E-state index in [4.69, 9.17) is 22.3 Å². The molecule has 0 spiro atoms. The Kier molecular flexibility index (Phi) is 3.54. The summed E-state index contributed by atoms with van der Waals surface area (Å²) in [5, 5.41) is 2.75. The molecule has 5 heteroatoms. The van der Waals surface area contributed by atoms with E-state index in [1.54, 1.807) is 11.3 Å². The molecule has 2 heterocycles. The van der Waals surface area contributed by atoms with Crippen molar-refractivity contribution in [2.45, 2.75) is 25.9 Å². The molecule has 3 rings (SSSR count). The summed E-state index contributed by atoms with van der Waals surface area (Å²) < 4.78 is 2.14. The summed E-state index contributed by atoms with van der Waals surface area (Å²) in [6, 6.07) is 9.87. The van der Waals surface area contributed by atoms with E-state index in [-0.39, 0.29) is 12.1 Å². The first-order valence-corrected chi connectivity index (χ1v) is 7.80. The minimum Gasteiger partial charge on any atom is -0.323 e. The lowest BCUT2D eigenvalue weighted by Crippen LogP contribution is -2.18. The molecule has 0 bridgehead atoms. The Morgan fingerprint density at radius 2 is 2.05 bits per heavy atom. The minimum absolute atomic E-state index is 0.221. The number of hydrogen-bond donors (Lipinski definition) is 1. The van der Waals surface area contributed by atoms with Crippen molar-refractivity contribution < 1.29 is 0 Å². The van der Waals surface area contributed by atoms with Gasteiger partial charge in [0.2, 0.25) is 0 Å². The van der Waals surface area contributed by atoms with Gasteiger partial charge in [0.05, 0.1) is 22.1 Å². The van der Waals surface area contributed by atoms with Crippen molar-refractivity contribution in [1.29, 1.82) is 0 Å². The molecule has 0 aliphatic heterocycles. The maximum absolute atomic E-state index is 6.40. The topological polar surface area (TPSA) is 43.8 Å². The summed E-state index contributed by atoms with van der Waals surface area (Å²) in [6.07, 6.45) is 0. The fraction of sp³-hybridized carbons (Fsp3) is 0.267. The van der Waals surface area contributed by atoms with Crippen LogP contribution in [0.2, 0.25) is 5.02 Å². The van der Waals surface area contributed by atoms with Gasteiger partial charge in [0.1, 0.15) is 5.82 Å². The van der Waals surface area contributed by atoms with E-state index in [1.165, 1.54) is 0 Å². The molecule has 2 aromatic heterocycles. The van der Waals surface area contributed by atoms with Crippen LogP contribution in [0.1, 0.15) is 36.6 Å². The van der Waals surface area contributed by atoms with Crippen LogP contribution in [0.3, 0.4) is 0 Å². The Balaban J connectivity index is 2.25. The zero-order valence-corrected chi connectivity index (χ0v) is 12.9. The molecule has 2 N–H and O–H groups in total. The van der Waals surface area contributed by atoms with Crippen LogP contribution >= 0.6 is 22.9 Å². The Labute approximate surface area is 127 Å². The molecule has 0 fully saturated rings. The molecule has 0 saturated carbocycles. The van der Waals surface area contributed by atoms with Gasteiger partial charge < -0.3 is 10.3 Å². The smallest absolute Gasteiger partial charge is 0.132 e. The van der Waals surface area contributed by atoms with Crippen LogP contribution in [0.4, 0.5) is 0 Å². The normalized spacial score (nSPS) is 13.2. The van der Waals surface area contributed by atoms with Gasteiger partial charge in [-0.1, -0.05) is 23.7 Å². The fourth-order valence-electron chi connectivity index (χ4n) is 2.46. The summed E-state index contributed by atoms with van der Waals surface area (Å²) in [4.78, 5) is 5.82. The number of aromatic nitrogens is 2. The second-order valence-corrected chi connectivity index (χ2v) is 6.42. The predicted octanol–water partition coefficient (Wildman–Crippen LogP) is 4.38. The quantitative estimate of drug-likeness (QED) is 0.780. The van der Waals surface area contributed by atoms with Crippen molar-refractivity contribution in [1.82, 2.24) is 9.55 Å². The van der Waals surface area contributed by atoms with Crippen LogP contribution in [0.15, 0.2) is 35.7 Å². The second-order valence-electron chi connectivity index (χ2n) is 5.03. The number of para-hydroxylation sites is 1. The van der Waals surface area contributed by atoms with E-state index in [0.717, 1.165) is 21.7 Å². The molecule has 0 aliphatic carbocycles. The highest BCUT2D eigenvalue weighted by Gasteiger charge is 2.22. The average Bonchev–Trinajstić information content (AvgIpc) is 3.05. The van der Waals surface area contributed by atoms with Crippen LogP contribution in [0, 0.1) is 0 Å². The van der Waals surface area contributed by atoms with Crippen molar-refractivity contribution >= 4 is 34.0 Å². The summed E-state index contributed by atoms with van der Waals surface area (Å²) in [6.45, 7) is 4.24. The van der Waals surface area contributed by atoms with Gasteiger partial charge in [-0.3, -0.25) is 0 Å². The molecule has 0 radical (unpaired) electrons. The van der Waals surface area contributed by atoms with Gasteiger partial charge in [0.25, 0.3) is 0 Å². The van der Waals surface area contributed by atoms with E-state index in [2.05, 4.69) is 18.4 Å². The number of hydrogen-bond acceptors (Lipinski definition) is 3. The molecule has 20 heavy (non-hydrogen) atoms. The lowest BCUT2D eigenvalue weighted by atomic mass is 10.2. The van der Waals surface area contributed by atoms with E-state index >= 15 is 0 Å². The van der Waals surface area contributed by atoms with Crippen molar-refractivity contribution in [2.75, 3.05) is 0 Å². The highest BCUT2D eigenvalue weighted by molar-refractivity contribution is 7.10. The van der Waals surface area contributed by atoms with E-state index in [9.17, 15) is 0 Å². The first-order valence-electron chi connectivity index (χ1n) is 6.55. The summed E-state index contributed by atoms with van der Waals surface area (Å²) >= 11 is 8.00. The third-order valence-electron chi connectivity index (χ3n) is 3.33. The maximum Gasteiger partial charge on any atom is 0.132 e. The number of nitrogens with zero attached hydrogens (tertiary/aromatic N) is 2. The number of halogens is 1. The standard InChI is InChI=1S/C15H16ClN3S/c1-9(2)19-14-10(16)5-3-6-11(14)18-15(19)13(17)12-7-4-8-20-12/h3-9,13H,17H2,1-2H3. The zero-order chi connectivity index (χ0) is 14.3. The number of imidazole rings is 1. The number of nitrogens with two attached hydrogens (primary N) is 1. The molecule has 3 aromatic rings. The molecule has 1 aromatic carbocycles. The molecular weight excluding hydrogens is 290 g/mol. The molecule has 0 aliphatic rings. The van der Waals surface area contributed by atoms with Gasteiger partial charge in [0, 0.05) is 10.9 Å². The summed E-state index contributed by atoms with van der Waals surface area (Å²) in [7, 11) is 0. The molecule has 0 amide bonds. The second kappa shape index (κ2) is 5.20. The molecule has 3 nitrogen and oxygen atoms in total. The SMILES string of the molecule is CC(C)n1c(C(N)c2cccs2)nc2cccc(Cl)c21. The first kappa shape index (κ1) is 13.6. The zero-order valence-electron chi connectivity index (χ0n) is 11.4. The lowest BCUT2D eigenvalue weighted by Gasteiger charge is -2.17. The van der Waals surface area contributed by atoms with E-state index < -0.39 is 0 Å². The van der Waals surface area contributed by atoms with Crippen LogP contribution in [0.25, 0.3) is 11.0 Å². The van der Waals surface area contributed by atoms with Crippen LogP contribution in [-0.4, -0.2) is 9.55 Å². The molecule has 0 saturated heterocycles. The molecule has 104 valence electrons. The Bertz CT molecular complexity index is 731. The highest BCUT2D eigenvalue weighted by Crippen LogP contribution is 2.32. The van der Waals surface area contributed by atoms with Gasteiger partial charge in [-0.15, -0.1) is 11.3 Å². The Morgan fingerprint density at radius 1 is 1.25 bits per heavy atom. The van der Waals surface area contributed by atoms with Crippen LogP contribution in [-0.2, 0) is 0 Å². The maximum atomic E-state index is 6.40. The first-order chi connectivity index (χ1) is 9.59. The van der Waals surface area contributed by atoms with Crippen molar-refractivity contribution in [3.63, 3.8) is 0 Å². The predicted molar refractivity (Wildman–Crippen MR) is 85.5 cm³/mol. The number of rotatable bonds is 3. The Hall–Kier alpha value is -1.36. The van der Waals surface area contributed by atoms with Crippen LogP contribution < -0.4 is 5.73 Å². The Morgan fingerprint density at radius 3 is 2.70 bits per heavy atom. The number of benzene rings is 1. The third kappa shape index (κ3) is 2.14. The molecule has 1 atom stereocenters. The summed E-state index contributed by atoms with van der Waals surface area (Å²) in [5.41, 5.74) is 8.26. The monoisotopic (exact) mass is 305 g/mol. The third-order valence-corrected chi connectivity index (χ3v) is 4.59. The van der Waals surface area contributed by atoms with Gasteiger partial charge >= 0.3 is 0 Å². The number of fused-ring (bicyclic) bond motifs is 1. The van der Waals surface area contributed by atoms with E-state index in [1.807, 2.05) is 35.7 Å². The average molecular weight is 306 g/mol. The fourth-order valence-corrected chi connectivity index (χ4v) is 3.45. The van der Waals surface area contributed by atoms with Gasteiger partial charge in [-0.25, -0.2) is 4.98 Å². The van der Waals surface area contributed by atoms with Crippen molar-refractivity contribution in [3.8, 4) is 0 Å². The number of thiophene rings is 1. The largest absolute Gasteiger partial charge is 0.323 e. The summed E-state index contributed by atoms with van der Waals surface area (Å²) in [5.74, 6) is 0.866. The van der Waals surface area contributed by atoms with E-state index in [0.29, 0.717) is 5.02 Å². The van der Waals surface area contributed by atoms with Gasteiger partial charge in [-0.05, 0) is 37.4 Å². The van der Waals surface area contributed by atoms with Crippen LogP contribution in [0.5, 0.6) is 0 Å². The molecular formula is C15H16ClN3S. The lowest BCUT2D eigenvalue weighted by molar-refractivity contribution is 0.569. The minimum atomic E-state index is -0.221. The van der Waals surface area contributed by atoms with Crippen molar-refractivity contribution in [3.05, 3.63) is 51.4 Å². The van der Waals surface area contributed by atoms with Gasteiger partial charge in [0.15, 0.2) is 0 Å².